The second-order valence-electron chi connectivity index (χ2n) is 8.50. The lowest BCUT2D eigenvalue weighted by Gasteiger charge is -2.33. The van der Waals surface area contributed by atoms with Gasteiger partial charge in [0.15, 0.2) is 0 Å². The molecule has 2 heterocycles. The van der Waals surface area contributed by atoms with Crippen LogP contribution in [0.25, 0.3) is 0 Å². The Bertz CT molecular complexity index is 853. The first kappa shape index (κ1) is 21.4. The van der Waals surface area contributed by atoms with E-state index in [0.717, 1.165) is 0 Å². The van der Waals surface area contributed by atoms with Crippen molar-refractivity contribution in [1.29, 1.82) is 0 Å². The van der Waals surface area contributed by atoms with E-state index in [2.05, 4.69) is 5.32 Å². The molecule has 8 nitrogen and oxygen atoms in total. The largest absolute Gasteiger partial charge is 0.444 e. The van der Waals surface area contributed by atoms with Crippen molar-refractivity contribution in [2.24, 2.45) is 0 Å². The van der Waals surface area contributed by atoms with E-state index in [-0.39, 0.29) is 23.8 Å². The van der Waals surface area contributed by atoms with Gasteiger partial charge >= 0.3 is 6.09 Å². The third-order valence-electron chi connectivity index (χ3n) is 5.00. The van der Waals surface area contributed by atoms with Gasteiger partial charge < -0.3 is 15.0 Å². The number of anilines is 1. The molecule has 0 atom stereocenters. The molecule has 0 bridgehead atoms. The summed E-state index contributed by atoms with van der Waals surface area (Å²) in [5.74, 6) is -0.0337. The van der Waals surface area contributed by atoms with Gasteiger partial charge in [0.1, 0.15) is 5.60 Å². The molecule has 3 rings (SSSR count). The highest BCUT2D eigenvalue weighted by Gasteiger charge is 2.29. The highest BCUT2D eigenvalue weighted by atomic mass is 32.2. The first-order valence-electron chi connectivity index (χ1n) is 9.94. The number of nitrogens with zero attached hydrogens (tertiary/aromatic N) is 2. The Morgan fingerprint density at radius 3 is 2.21 bits per heavy atom. The van der Waals surface area contributed by atoms with Gasteiger partial charge in [-0.2, -0.15) is 0 Å². The number of rotatable bonds is 3. The number of amides is 2. The molecule has 0 aliphatic carbocycles. The molecular weight excluding hydrogens is 394 g/mol. The van der Waals surface area contributed by atoms with Gasteiger partial charge in [0.05, 0.1) is 11.4 Å². The molecule has 160 valence electrons. The van der Waals surface area contributed by atoms with Gasteiger partial charge in [-0.1, -0.05) is 0 Å². The van der Waals surface area contributed by atoms with Crippen LogP contribution in [0.2, 0.25) is 0 Å². The maximum Gasteiger partial charge on any atom is 0.410 e. The van der Waals surface area contributed by atoms with E-state index in [4.69, 9.17) is 4.74 Å². The van der Waals surface area contributed by atoms with Gasteiger partial charge in [-0.15, -0.1) is 0 Å². The van der Waals surface area contributed by atoms with Gasteiger partial charge in [0.25, 0.3) is 5.91 Å². The number of benzene rings is 1. The van der Waals surface area contributed by atoms with Crippen LogP contribution in [0.4, 0.5) is 10.5 Å². The van der Waals surface area contributed by atoms with Crippen LogP contribution >= 0.6 is 0 Å². The summed E-state index contributed by atoms with van der Waals surface area (Å²) in [5.41, 5.74) is 0.549. The number of carbonyl (C=O) groups is 2. The van der Waals surface area contributed by atoms with Crippen molar-refractivity contribution in [3.8, 4) is 0 Å². The molecule has 0 aromatic heterocycles. The summed E-state index contributed by atoms with van der Waals surface area (Å²) in [7, 11) is -3.23. The van der Waals surface area contributed by atoms with Crippen molar-refractivity contribution in [2.45, 2.75) is 51.7 Å². The SMILES string of the molecule is CC(C)(C)OC(=O)N1CCC(NC(=O)c2ccc(N3CCCS3(=O)=O)cc2)CC1. The molecule has 1 aromatic carbocycles. The molecule has 0 radical (unpaired) electrons. The Morgan fingerprint density at radius 2 is 1.69 bits per heavy atom. The Balaban J connectivity index is 1.52. The van der Waals surface area contributed by atoms with Gasteiger partial charge in [-0.25, -0.2) is 13.2 Å². The van der Waals surface area contributed by atoms with Crippen molar-refractivity contribution in [3.05, 3.63) is 29.8 Å². The minimum atomic E-state index is -3.23. The fourth-order valence-corrected chi connectivity index (χ4v) is 5.07. The molecule has 29 heavy (non-hydrogen) atoms. The maximum atomic E-state index is 12.5. The van der Waals surface area contributed by atoms with E-state index in [1.165, 1.54) is 4.31 Å². The normalized spacial score (nSPS) is 19.8. The highest BCUT2D eigenvalue weighted by molar-refractivity contribution is 7.93. The lowest BCUT2D eigenvalue weighted by Crippen LogP contribution is -2.47. The van der Waals surface area contributed by atoms with E-state index in [0.29, 0.717) is 50.1 Å². The molecule has 1 aromatic rings. The van der Waals surface area contributed by atoms with Crippen molar-refractivity contribution in [1.82, 2.24) is 10.2 Å². The van der Waals surface area contributed by atoms with Gasteiger partial charge in [-0.3, -0.25) is 9.10 Å². The average molecular weight is 424 g/mol. The first-order chi connectivity index (χ1) is 13.5. The van der Waals surface area contributed by atoms with Gasteiger partial charge in [0.2, 0.25) is 10.0 Å². The molecule has 9 heteroatoms. The number of carbonyl (C=O) groups excluding carboxylic acids is 2. The molecule has 2 amide bonds. The fraction of sp³-hybridized carbons (Fsp3) is 0.600. The number of ether oxygens (including phenoxy) is 1. The van der Waals surface area contributed by atoms with Crippen molar-refractivity contribution >= 4 is 27.7 Å². The van der Waals surface area contributed by atoms with Crippen LogP contribution in [-0.4, -0.2) is 62.3 Å². The quantitative estimate of drug-likeness (QED) is 0.805. The summed E-state index contributed by atoms with van der Waals surface area (Å²) in [4.78, 5) is 26.3. The van der Waals surface area contributed by atoms with Gasteiger partial charge in [-0.05, 0) is 64.3 Å². The molecule has 2 aliphatic rings. The van der Waals surface area contributed by atoms with Crippen LogP contribution in [0.5, 0.6) is 0 Å². The molecular formula is C20H29N3O5S. The second kappa shape index (κ2) is 8.22. The summed E-state index contributed by atoms with van der Waals surface area (Å²) in [6.07, 6.45) is 1.62. The number of sulfonamides is 1. The molecule has 0 saturated carbocycles. The minimum Gasteiger partial charge on any atom is -0.444 e. The first-order valence-corrected chi connectivity index (χ1v) is 11.6. The topological polar surface area (TPSA) is 96.0 Å². The predicted molar refractivity (Wildman–Crippen MR) is 110 cm³/mol. The maximum absolute atomic E-state index is 12.5. The van der Waals surface area contributed by atoms with Gasteiger partial charge in [0, 0.05) is 31.2 Å². The lowest BCUT2D eigenvalue weighted by molar-refractivity contribution is 0.0199. The smallest absolute Gasteiger partial charge is 0.410 e. The van der Waals surface area contributed by atoms with E-state index in [1.807, 2.05) is 20.8 Å². The zero-order valence-corrected chi connectivity index (χ0v) is 18.0. The third kappa shape index (κ3) is 5.41. The second-order valence-corrected chi connectivity index (χ2v) is 10.5. The van der Waals surface area contributed by atoms with E-state index >= 15 is 0 Å². The van der Waals surface area contributed by atoms with Crippen LogP contribution in [0, 0.1) is 0 Å². The average Bonchev–Trinajstić information content (AvgIpc) is 3.00. The summed E-state index contributed by atoms with van der Waals surface area (Å²) in [6, 6.07) is 6.62. The van der Waals surface area contributed by atoms with E-state index in [9.17, 15) is 18.0 Å². The standard InChI is InChI=1S/C20H29N3O5S/c1-20(2,3)28-19(25)22-12-9-16(10-13-22)21-18(24)15-5-7-17(8-6-15)23-11-4-14-29(23,26)27/h5-8,16H,4,9-14H2,1-3H3,(H,21,24). The number of piperidine rings is 1. The molecule has 0 spiro atoms. The number of hydrogen-bond donors (Lipinski definition) is 1. The monoisotopic (exact) mass is 423 g/mol. The zero-order valence-electron chi connectivity index (χ0n) is 17.2. The summed E-state index contributed by atoms with van der Waals surface area (Å²) in [6.45, 7) is 7.05. The Kier molecular flexibility index (Phi) is 6.07. The van der Waals surface area contributed by atoms with Crippen LogP contribution in [0.15, 0.2) is 24.3 Å². The lowest BCUT2D eigenvalue weighted by atomic mass is 10.0. The molecule has 2 saturated heterocycles. The Hall–Kier alpha value is -2.29. The van der Waals surface area contributed by atoms with Crippen molar-refractivity contribution in [2.75, 3.05) is 29.7 Å². The zero-order chi connectivity index (χ0) is 21.2. The van der Waals surface area contributed by atoms with Crippen LogP contribution < -0.4 is 9.62 Å². The fourth-order valence-electron chi connectivity index (χ4n) is 3.51. The number of nitrogens with one attached hydrogen (secondary N) is 1. The highest BCUT2D eigenvalue weighted by Crippen LogP contribution is 2.24. The Morgan fingerprint density at radius 1 is 1.07 bits per heavy atom. The Labute approximate surface area is 172 Å². The molecule has 1 N–H and O–H groups in total. The van der Waals surface area contributed by atoms with Crippen LogP contribution in [0.1, 0.15) is 50.4 Å². The number of hydrogen-bond acceptors (Lipinski definition) is 5. The molecule has 0 unspecified atom stereocenters. The van der Waals surface area contributed by atoms with E-state index in [1.54, 1.807) is 29.2 Å². The predicted octanol–water partition coefficient (Wildman–Crippen LogP) is 2.36. The van der Waals surface area contributed by atoms with Crippen LogP contribution in [0.3, 0.4) is 0 Å². The molecule has 2 aliphatic heterocycles. The van der Waals surface area contributed by atoms with Crippen LogP contribution in [-0.2, 0) is 14.8 Å². The van der Waals surface area contributed by atoms with Crippen molar-refractivity contribution in [3.63, 3.8) is 0 Å². The summed E-state index contributed by atoms with van der Waals surface area (Å²) < 4.78 is 30.8. The van der Waals surface area contributed by atoms with Crippen molar-refractivity contribution < 1.29 is 22.7 Å². The third-order valence-corrected chi connectivity index (χ3v) is 6.87. The summed E-state index contributed by atoms with van der Waals surface area (Å²) >= 11 is 0. The molecule has 2 fully saturated rings. The van der Waals surface area contributed by atoms with E-state index < -0.39 is 15.6 Å². The summed E-state index contributed by atoms with van der Waals surface area (Å²) in [5, 5.41) is 3.00. The minimum absolute atomic E-state index is 0.0141. The number of likely N-dealkylation sites (tertiary alicyclic amines) is 1.